The Morgan fingerprint density at radius 1 is 0.857 bits per heavy atom. The van der Waals surface area contributed by atoms with Crippen molar-refractivity contribution >= 4 is 0 Å². The van der Waals surface area contributed by atoms with Gasteiger partial charge in [-0.2, -0.15) is 0 Å². The third kappa shape index (κ3) is 4.01. The number of nitrogens with zero attached hydrogens (tertiary/aromatic N) is 1. The van der Waals surface area contributed by atoms with Crippen LogP contribution in [0.15, 0.2) is 0 Å². The van der Waals surface area contributed by atoms with Gasteiger partial charge in [0.1, 0.15) is 0 Å². The number of hydrogen-bond acceptors (Lipinski definition) is 2. The van der Waals surface area contributed by atoms with Gasteiger partial charge in [0.25, 0.3) is 0 Å². The van der Waals surface area contributed by atoms with Crippen molar-refractivity contribution in [2.24, 2.45) is 11.8 Å². The molecular formula is C19H36N2. The van der Waals surface area contributed by atoms with E-state index in [4.69, 9.17) is 0 Å². The summed E-state index contributed by atoms with van der Waals surface area (Å²) < 4.78 is 0. The smallest absolute Gasteiger partial charge is 0.0124 e. The molecule has 2 heteroatoms. The highest BCUT2D eigenvalue weighted by Gasteiger charge is 2.35. The zero-order chi connectivity index (χ0) is 14.5. The lowest BCUT2D eigenvalue weighted by Crippen LogP contribution is -2.51. The molecule has 4 unspecified atom stereocenters. The second-order valence-electron chi connectivity index (χ2n) is 7.81. The average molecular weight is 293 g/mol. The van der Waals surface area contributed by atoms with Crippen molar-refractivity contribution in [3.05, 3.63) is 0 Å². The van der Waals surface area contributed by atoms with Gasteiger partial charge in [0.2, 0.25) is 0 Å². The van der Waals surface area contributed by atoms with Crippen LogP contribution in [0.5, 0.6) is 0 Å². The molecule has 1 saturated heterocycles. The molecule has 1 N–H and O–H groups in total. The van der Waals surface area contributed by atoms with Crippen molar-refractivity contribution in [1.82, 2.24) is 10.2 Å². The Morgan fingerprint density at radius 2 is 1.62 bits per heavy atom. The zero-order valence-corrected chi connectivity index (χ0v) is 14.2. The Hall–Kier alpha value is -0.0800. The maximum Gasteiger partial charge on any atom is 0.0124 e. The van der Waals surface area contributed by atoms with Crippen LogP contribution in [-0.2, 0) is 0 Å². The van der Waals surface area contributed by atoms with E-state index in [9.17, 15) is 0 Å². The quantitative estimate of drug-likeness (QED) is 0.781. The topological polar surface area (TPSA) is 15.3 Å². The zero-order valence-electron chi connectivity index (χ0n) is 14.2. The maximum atomic E-state index is 3.81. The van der Waals surface area contributed by atoms with Gasteiger partial charge in [0.15, 0.2) is 0 Å². The first-order chi connectivity index (χ1) is 10.4. The van der Waals surface area contributed by atoms with E-state index in [2.05, 4.69) is 17.1 Å². The van der Waals surface area contributed by atoms with Crippen LogP contribution in [-0.4, -0.2) is 36.6 Å². The maximum absolute atomic E-state index is 3.81. The third-order valence-corrected chi connectivity index (χ3v) is 6.45. The standard InChI is InChI=1S/C19H36N2/c1-2-20-18-12-5-3-4-10-17(18)15-21-14-8-11-16-9-6-7-13-19(16)21/h16-20H,2-15H2,1H3. The van der Waals surface area contributed by atoms with E-state index in [0.717, 1.165) is 30.5 Å². The van der Waals surface area contributed by atoms with Gasteiger partial charge in [0, 0.05) is 18.6 Å². The van der Waals surface area contributed by atoms with Crippen molar-refractivity contribution in [3.8, 4) is 0 Å². The molecule has 21 heavy (non-hydrogen) atoms. The van der Waals surface area contributed by atoms with Crippen molar-refractivity contribution in [1.29, 1.82) is 0 Å². The molecule has 3 fully saturated rings. The molecule has 0 aromatic heterocycles. The molecule has 1 aliphatic heterocycles. The molecule has 1 heterocycles. The predicted octanol–water partition coefficient (Wildman–Crippen LogP) is 4.20. The normalized spacial score (nSPS) is 38.7. The molecule has 0 aromatic rings. The van der Waals surface area contributed by atoms with Gasteiger partial charge in [0.05, 0.1) is 0 Å². The lowest BCUT2D eigenvalue weighted by Gasteiger charge is -2.46. The number of rotatable bonds is 4. The van der Waals surface area contributed by atoms with E-state index in [-0.39, 0.29) is 0 Å². The summed E-state index contributed by atoms with van der Waals surface area (Å²) in [7, 11) is 0. The summed E-state index contributed by atoms with van der Waals surface area (Å²) in [6.07, 6.45) is 16.2. The fourth-order valence-corrected chi connectivity index (χ4v) is 5.39. The Balaban J connectivity index is 1.61. The number of likely N-dealkylation sites (tertiary alicyclic amines) is 1. The number of fused-ring (bicyclic) bond motifs is 1. The molecular weight excluding hydrogens is 256 g/mol. The molecule has 2 nitrogen and oxygen atoms in total. The Kier molecular flexibility index (Phi) is 5.99. The second-order valence-corrected chi connectivity index (χ2v) is 7.81. The highest BCUT2D eigenvalue weighted by molar-refractivity contribution is 4.90. The molecule has 2 aliphatic carbocycles. The molecule has 0 aromatic carbocycles. The van der Waals surface area contributed by atoms with Crippen molar-refractivity contribution in [3.63, 3.8) is 0 Å². The predicted molar refractivity (Wildman–Crippen MR) is 90.6 cm³/mol. The Bertz CT molecular complexity index is 302. The van der Waals surface area contributed by atoms with Crippen LogP contribution in [0, 0.1) is 11.8 Å². The lowest BCUT2D eigenvalue weighted by atomic mass is 9.77. The van der Waals surface area contributed by atoms with Gasteiger partial charge in [-0.25, -0.2) is 0 Å². The van der Waals surface area contributed by atoms with Crippen LogP contribution in [0.4, 0.5) is 0 Å². The molecule has 0 amide bonds. The van der Waals surface area contributed by atoms with Crippen LogP contribution >= 0.6 is 0 Å². The second kappa shape index (κ2) is 7.97. The largest absolute Gasteiger partial charge is 0.314 e. The molecule has 0 bridgehead atoms. The summed E-state index contributed by atoms with van der Waals surface area (Å²) in [5.74, 6) is 1.95. The average Bonchev–Trinajstić information content (AvgIpc) is 2.74. The molecule has 4 atom stereocenters. The summed E-state index contributed by atoms with van der Waals surface area (Å²) in [4.78, 5) is 2.92. The third-order valence-electron chi connectivity index (χ3n) is 6.45. The van der Waals surface area contributed by atoms with E-state index >= 15 is 0 Å². The van der Waals surface area contributed by atoms with E-state index in [0.29, 0.717) is 0 Å². The fraction of sp³-hybridized carbons (Fsp3) is 1.00. The van der Waals surface area contributed by atoms with Gasteiger partial charge < -0.3 is 5.32 Å². The van der Waals surface area contributed by atoms with Crippen LogP contribution in [0.1, 0.15) is 77.6 Å². The van der Waals surface area contributed by atoms with Crippen LogP contribution < -0.4 is 5.32 Å². The van der Waals surface area contributed by atoms with E-state index < -0.39 is 0 Å². The van der Waals surface area contributed by atoms with Crippen LogP contribution in [0.2, 0.25) is 0 Å². The molecule has 0 radical (unpaired) electrons. The SMILES string of the molecule is CCNC1CCCCCC1CN1CCCC2CCCCC21. The monoisotopic (exact) mass is 292 g/mol. The molecule has 3 rings (SSSR count). The Labute approximate surface area is 132 Å². The summed E-state index contributed by atoms with van der Waals surface area (Å²) in [5, 5.41) is 3.81. The highest BCUT2D eigenvalue weighted by atomic mass is 15.2. The van der Waals surface area contributed by atoms with E-state index in [1.807, 2.05) is 0 Å². The first-order valence-electron chi connectivity index (χ1n) is 9.86. The van der Waals surface area contributed by atoms with Crippen molar-refractivity contribution in [2.75, 3.05) is 19.6 Å². The lowest BCUT2D eigenvalue weighted by molar-refractivity contribution is 0.0415. The minimum Gasteiger partial charge on any atom is -0.314 e. The van der Waals surface area contributed by atoms with Crippen molar-refractivity contribution in [2.45, 2.75) is 89.6 Å². The molecule has 3 aliphatic rings. The summed E-state index contributed by atoms with van der Waals surface area (Å²) in [5.41, 5.74) is 0. The number of nitrogens with one attached hydrogen (secondary N) is 1. The summed E-state index contributed by atoms with van der Waals surface area (Å²) in [6.45, 7) is 6.20. The first kappa shape index (κ1) is 15.8. The number of hydrogen-bond donors (Lipinski definition) is 1. The van der Waals surface area contributed by atoms with Crippen LogP contribution in [0.25, 0.3) is 0 Å². The minimum atomic E-state index is 0.793. The summed E-state index contributed by atoms with van der Waals surface area (Å²) in [6, 6.07) is 1.74. The van der Waals surface area contributed by atoms with Gasteiger partial charge in [-0.3, -0.25) is 4.90 Å². The van der Waals surface area contributed by atoms with E-state index in [1.54, 1.807) is 0 Å². The molecule has 122 valence electrons. The van der Waals surface area contributed by atoms with Gasteiger partial charge in [-0.1, -0.05) is 39.0 Å². The Morgan fingerprint density at radius 3 is 2.52 bits per heavy atom. The number of piperidine rings is 1. The van der Waals surface area contributed by atoms with Gasteiger partial charge in [-0.15, -0.1) is 0 Å². The molecule has 0 spiro atoms. The van der Waals surface area contributed by atoms with Crippen molar-refractivity contribution < 1.29 is 0 Å². The van der Waals surface area contributed by atoms with E-state index in [1.165, 1.54) is 83.7 Å². The minimum absolute atomic E-state index is 0.793. The van der Waals surface area contributed by atoms with Crippen LogP contribution in [0.3, 0.4) is 0 Å². The van der Waals surface area contributed by atoms with Gasteiger partial charge in [-0.05, 0) is 63.5 Å². The fourth-order valence-electron chi connectivity index (χ4n) is 5.39. The highest BCUT2D eigenvalue weighted by Crippen LogP contribution is 2.36. The first-order valence-corrected chi connectivity index (χ1v) is 9.86. The van der Waals surface area contributed by atoms with Gasteiger partial charge >= 0.3 is 0 Å². The molecule has 2 saturated carbocycles. The summed E-state index contributed by atoms with van der Waals surface area (Å²) >= 11 is 0.